The molecule has 2 N–H and O–H groups in total. The van der Waals surface area contributed by atoms with E-state index in [4.69, 9.17) is 17.3 Å². The van der Waals surface area contributed by atoms with E-state index in [1.165, 1.54) is 22.5 Å². The highest BCUT2D eigenvalue weighted by Gasteiger charge is 2.25. The van der Waals surface area contributed by atoms with Crippen LogP contribution in [0.25, 0.3) is 0 Å². The van der Waals surface area contributed by atoms with Gasteiger partial charge in [0.1, 0.15) is 6.04 Å². The zero-order chi connectivity index (χ0) is 19.4. The maximum Gasteiger partial charge on any atom is 0.250 e. The molecule has 0 aliphatic heterocycles. The number of halogens is 1. The molecule has 0 aliphatic rings. The number of carbonyl (C=O) groups excluding carboxylic acids is 1. The molecule has 0 saturated carbocycles. The van der Waals surface area contributed by atoms with Gasteiger partial charge in [0.2, 0.25) is 5.91 Å². The van der Waals surface area contributed by atoms with Crippen molar-refractivity contribution < 1.29 is 4.79 Å². The lowest BCUT2D eigenvalue weighted by molar-refractivity contribution is -0.120. The summed E-state index contributed by atoms with van der Waals surface area (Å²) in [6, 6.07) is 14.6. The van der Waals surface area contributed by atoms with Crippen LogP contribution < -0.4 is 10.6 Å². The summed E-state index contributed by atoms with van der Waals surface area (Å²) in [6.45, 7) is 4.56. The lowest BCUT2D eigenvalue weighted by Gasteiger charge is -2.24. The molecule has 0 bridgehead atoms. The van der Waals surface area contributed by atoms with Crippen LogP contribution in [0.1, 0.15) is 27.6 Å². The molecule has 0 radical (unpaired) electrons. The van der Waals surface area contributed by atoms with E-state index < -0.39 is 6.04 Å². The lowest BCUT2D eigenvalue weighted by Crippen LogP contribution is -2.40. The highest BCUT2D eigenvalue weighted by atomic mass is 35.5. The normalized spacial score (nSPS) is 12.0. The number of thiazole rings is 1. The summed E-state index contributed by atoms with van der Waals surface area (Å²) < 4.78 is 0. The molecular weight excluding hydrogens is 378 g/mol. The van der Waals surface area contributed by atoms with E-state index in [1.807, 2.05) is 6.92 Å². The molecule has 3 rings (SSSR count). The van der Waals surface area contributed by atoms with Crippen LogP contribution >= 0.6 is 22.9 Å². The average Bonchev–Trinajstić information content (AvgIpc) is 3.09. The van der Waals surface area contributed by atoms with Crippen LogP contribution in [-0.2, 0) is 11.2 Å². The third-order valence-corrected chi connectivity index (χ3v) is 5.53. The van der Waals surface area contributed by atoms with Crippen LogP contribution in [0.3, 0.4) is 0 Å². The van der Waals surface area contributed by atoms with Crippen LogP contribution in [0.15, 0.2) is 54.7 Å². The van der Waals surface area contributed by atoms with Gasteiger partial charge in [-0.15, -0.1) is 11.3 Å². The van der Waals surface area contributed by atoms with Crippen LogP contribution in [0, 0.1) is 13.8 Å². The van der Waals surface area contributed by atoms with Gasteiger partial charge in [-0.3, -0.25) is 9.69 Å². The molecular formula is C21H22ClN3OS. The van der Waals surface area contributed by atoms with E-state index in [1.54, 1.807) is 35.4 Å². The van der Waals surface area contributed by atoms with Gasteiger partial charge in [-0.05, 0) is 43.5 Å². The molecule has 6 heteroatoms. The van der Waals surface area contributed by atoms with Gasteiger partial charge in [0.25, 0.3) is 0 Å². The molecule has 0 aliphatic carbocycles. The van der Waals surface area contributed by atoms with Crippen LogP contribution in [-0.4, -0.2) is 17.4 Å². The molecule has 1 atom stereocenters. The Bertz CT molecular complexity index is 906. The number of aryl methyl sites for hydroxylation is 2. The first-order valence-electron chi connectivity index (χ1n) is 8.74. The molecule has 0 fully saturated rings. The van der Waals surface area contributed by atoms with Gasteiger partial charge in [-0.1, -0.05) is 53.6 Å². The van der Waals surface area contributed by atoms with E-state index >= 15 is 0 Å². The van der Waals surface area contributed by atoms with Crippen molar-refractivity contribution in [2.75, 3.05) is 11.4 Å². The fraction of sp³-hybridized carbons (Fsp3) is 0.238. The Hall–Kier alpha value is -2.21. The smallest absolute Gasteiger partial charge is 0.250 e. The number of rotatable bonds is 6. The third-order valence-electron chi connectivity index (χ3n) is 4.35. The number of hydrogen-bond acceptors (Lipinski definition) is 4. The Labute approximate surface area is 168 Å². The van der Waals surface area contributed by atoms with Crippen LogP contribution in [0.4, 0.5) is 5.13 Å². The zero-order valence-corrected chi connectivity index (χ0v) is 16.9. The second-order valence-electron chi connectivity index (χ2n) is 6.51. The maximum absolute atomic E-state index is 13.1. The quantitative estimate of drug-likeness (QED) is 0.654. The Morgan fingerprint density at radius 1 is 1.15 bits per heavy atom. The van der Waals surface area contributed by atoms with Crippen LogP contribution in [0.2, 0.25) is 5.02 Å². The molecule has 1 aromatic heterocycles. The minimum absolute atomic E-state index is 0.168. The van der Waals surface area contributed by atoms with E-state index in [0.29, 0.717) is 16.7 Å². The summed E-state index contributed by atoms with van der Waals surface area (Å²) in [5.41, 5.74) is 9.39. The monoisotopic (exact) mass is 399 g/mol. The fourth-order valence-electron chi connectivity index (χ4n) is 2.74. The van der Waals surface area contributed by atoms with Gasteiger partial charge in [0.15, 0.2) is 5.13 Å². The largest absolute Gasteiger partial charge is 0.316 e. The Kier molecular flexibility index (Phi) is 6.26. The van der Waals surface area contributed by atoms with Crippen molar-refractivity contribution in [3.8, 4) is 0 Å². The molecule has 2 aromatic carbocycles. The zero-order valence-electron chi connectivity index (χ0n) is 15.4. The number of hydrogen-bond donors (Lipinski definition) is 1. The van der Waals surface area contributed by atoms with Crippen molar-refractivity contribution in [2.45, 2.75) is 26.3 Å². The van der Waals surface area contributed by atoms with Crippen molar-refractivity contribution in [1.82, 2.24) is 4.98 Å². The van der Waals surface area contributed by atoms with Crippen molar-refractivity contribution >= 4 is 34.0 Å². The Balaban J connectivity index is 1.81. The minimum atomic E-state index is -0.760. The summed E-state index contributed by atoms with van der Waals surface area (Å²) in [4.78, 5) is 20.3. The van der Waals surface area contributed by atoms with E-state index in [0.717, 1.165) is 16.9 Å². The SMILES string of the molecule is Cc1ccc(CCN(C(=O)[C@H](N)c2ccc(Cl)cc2)c2ncc(C)s2)cc1. The number of benzene rings is 2. The maximum atomic E-state index is 13.1. The van der Waals surface area contributed by atoms with Crippen molar-refractivity contribution in [3.05, 3.63) is 81.3 Å². The molecule has 3 aromatic rings. The fourth-order valence-corrected chi connectivity index (χ4v) is 3.66. The summed E-state index contributed by atoms with van der Waals surface area (Å²) in [6.07, 6.45) is 2.51. The number of amides is 1. The number of nitrogens with zero attached hydrogens (tertiary/aromatic N) is 2. The predicted molar refractivity (Wildman–Crippen MR) is 112 cm³/mol. The van der Waals surface area contributed by atoms with Gasteiger partial charge < -0.3 is 5.73 Å². The van der Waals surface area contributed by atoms with Gasteiger partial charge >= 0.3 is 0 Å². The summed E-state index contributed by atoms with van der Waals surface area (Å²) in [5, 5.41) is 1.29. The van der Waals surface area contributed by atoms with E-state index in [-0.39, 0.29) is 5.91 Å². The number of aromatic nitrogens is 1. The molecule has 27 heavy (non-hydrogen) atoms. The number of anilines is 1. The third kappa shape index (κ3) is 4.95. The van der Waals surface area contributed by atoms with Gasteiger partial charge in [-0.25, -0.2) is 4.98 Å². The highest BCUT2D eigenvalue weighted by Crippen LogP contribution is 2.25. The first-order chi connectivity index (χ1) is 12.9. The first-order valence-corrected chi connectivity index (χ1v) is 9.94. The number of carbonyl (C=O) groups is 1. The van der Waals surface area contributed by atoms with Gasteiger partial charge in [0, 0.05) is 22.6 Å². The lowest BCUT2D eigenvalue weighted by atomic mass is 10.1. The van der Waals surface area contributed by atoms with E-state index in [9.17, 15) is 4.79 Å². The summed E-state index contributed by atoms with van der Waals surface area (Å²) >= 11 is 7.44. The van der Waals surface area contributed by atoms with E-state index in [2.05, 4.69) is 36.2 Å². The van der Waals surface area contributed by atoms with Gasteiger partial charge in [-0.2, -0.15) is 0 Å². The summed E-state index contributed by atoms with van der Waals surface area (Å²) in [5.74, 6) is -0.168. The van der Waals surface area contributed by atoms with Crippen LogP contribution in [0.5, 0.6) is 0 Å². The highest BCUT2D eigenvalue weighted by molar-refractivity contribution is 7.15. The first kappa shape index (κ1) is 19.5. The summed E-state index contributed by atoms with van der Waals surface area (Å²) in [7, 11) is 0. The second kappa shape index (κ2) is 8.65. The molecule has 140 valence electrons. The number of nitrogens with two attached hydrogens (primary N) is 1. The average molecular weight is 400 g/mol. The Morgan fingerprint density at radius 2 is 1.81 bits per heavy atom. The molecule has 4 nitrogen and oxygen atoms in total. The minimum Gasteiger partial charge on any atom is -0.316 e. The Morgan fingerprint density at radius 3 is 2.41 bits per heavy atom. The molecule has 0 saturated heterocycles. The molecule has 0 spiro atoms. The molecule has 1 amide bonds. The van der Waals surface area contributed by atoms with Gasteiger partial charge in [0.05, 0.1) is 0 Å². The topological polar surface area (TPSA) is 59.2 Å². The van der Waals surface area contributed by atoms with Crippen molar-refractivity contribution in [1.29, 1.82) is 0 Å². The van der Waals surface area contributed by atoms with Crippen molar-refractivity contribution in [2.24, 2.45) is 5.73 Å². The standard InChI is InChI=1S/C21H22ClN3OS/c1-14-3-5-16(6-4-14)11-12-25(21-24-13-15(2)27-21)20(26)19(23)17-7-9-18(22)10-8-17/h3-10,13,19H,11-12,23H2,1-2H3/t19-/m1/s1. The molecule has 0 unspecified atom stereocenters. The van der Waals surface area contributed by atoms with Crippen molar-refractivity contribution in [3.63, 3.8) is 0 Å². The molecule has 1 heterocycles. The predicted octanol–water partition coefficient (Wildman–Crippen LogP) is 4.69. The second-order valence-corrected chi connectivity index (χ2v) is 8.16.